The monoisotopic (exact) mass is 521 g/mol. The third kappa shape index (κ3) is 4.95. The standard InChI is InChI=1S/C25H28ClN9O2/c1-5-21(36)29-17-10-18(20(37-4)11-19(17)35-8-6-33(2)7-9-35)30-25-31-23(15-12-28-34(3)14-15)22-16(26)13-27-24(22)32-25/h5,10-14H,1,6-9H2,2-4H3,(H,29,36)(H2,27,30,31,32). The predicted molar refractivity (Wildman–Crippen MR) is 146 cm³/mol. The molecule has 1 aliphatic rings. The van der Waals surface area contributed by atoms with Crippen LogP contribution in [0, 0.1) is 0 Å². The van der Waals surface area contributed by atoms with Crippen LogP contribution in [0.2, 0.25) is 5.02 Å². The number of aryl methyl sites for hydroxylation is 1. The van der Waals surface area contributed by atoms with Gasteiger partial charge in [-0.3, -0.25) is 9.48 Å². The second-order valence-corrected chi connectivity index (χ2v) is 9.24. The van der Waals surface area contributed by atoms with Crippen LogP contribution in [0.1, 0.15) is 0 Å². The summed E-state index contributed by atoms with van der Waals surface area (Å²) in [5.41, 5.74) is 4.11. The molecule has 4 heterocycles. The number of aromatic amines is 1. The number of rotatable bonds is 7. The zero-order valence-electron chi connectivity index (χ0n) is 20.9. The number of aromatic nitrogens is 5. The van der Waals surface area contributed by atoms with E-state index in [1.54, 1.807) is 24.2 Å². The lowest BCUT2D eigenvalue weighted by atomic mass is 10.1. The first kappa shape index (κ1) is 24.6. The molecule has 3 N–H and O–H groups in total. The average Bonchev–Trinajstić information content (AvgIpc) is 3.49. The van der Waals surface area contributed by atoms with E-state index in [2.05, 4.69) is 49.1 Å². The number of likely N-dealkylation sites (N-methyl/N-ethyl adjacent to an activating group) is 1. The molecule has 192 valence electrons. The Balaban J connectivity index is 1.57. The highest BCUT2D eigenvalue weighted by Gasteiger charge is 2.22. The highest BCUT2D eigenvalue weighted by molar-refractivity contribution is 6.36. The minimum absolute atomic E-state index is 0.302. The molecule has 5 rings (SSSR count). The Morgan fingerprint density at radius 2 is 1.97 bits per heavy atom. The van der Waals surface area contributed by atoms with E-state index in [1.807, 2.05) is 25.4 Å². The minimum Gasteiger partial charge on any atom is -0.494 e. The van der Waals surface area contributed by atoms with Crippen molar-refractivity contribution in [1.82, 2.24) is 29.6 Å². The number of methoxy groups -OCH3 is 1. The Hall–Kier alpha value is -4.09. The molecule has 0 unspecified atom stereocenters. The van der Waals surface area contributed by atoms with Crippen molar-refractivity contribution >= 4 is 51.6 Å². The maximum atomic E-state index is 12.3. The van der Waals surface area contributed by atoms with Gasteiger partial charge in [-0.15, -0.1) is 0 Å². The van der Waals surface area contributed by atoms with E-state index in [0.717, 1.165) is 37.4 Å². The van der Waals surface area contributed by atoms with Gasteiger partial charge in [0.15, 0.2) is 0 Å². The van der Waals surface area contributed by atoms with Crippen LogP contribution in [0.15, 0.2) is 43.4 Å². The fraction of sp³-hybridized carbons (Fsp3) is 0.280. The summed E-state index contributed by atoms with van der Waals surface area (Å²) >= 11 is 6.44. The molecule has 11 nitrogen and oxygen atoms in total. The molecule has 0 bridgehead atoms. The number of carbonyl (C=O) groups excluding carboxylic acids is 1. The van der Waals surface area contributed by atoms with E-state index in [1.165, 1.54) is 6.08 Å². The first-order chi connectivity index (χ1) is 17.9. The van der Waals surface area contributed by atoms with Gasteiger partial charge in [-0.25, -0.2) is 4.98 Å². The van der Waals surface area contributed by atoms with E-state index in [4.69, 9.17) is 21.3 Å². The number of ether oxygens (including phenoxy) is 1. The number of fused-ring (bicyclic) bond motifs is 1. The van der Waals surface area contributed by atoms with Gasteiger partial charge in [-0.05, 0) is 19.2 Å². The lowest BCUT2D eigenvalue weighted by molar-refractivity contribution is -0.111. The van der Waals surface area contributed by atoms with Crippen molar-refractivity contribution in [2.75, 3.05) is 55.9 Å². The number of hydrogen-bond donors (Lipinski definition) is 3. The molecule has 0 atom stereocenters. The summed E-state index contributed by atoms with van der Waals surface area (Å²) in [7, 11) is 5.54. The fourth-order valence-electron chi connectivity index (χ4n) is 4.35. The fourth-order valence-corrected chi connectivity index (χ4v) is 4.59. The number of hydrogen-bond acceptors (Lipinski definition) is 8. The smallest absolute Gasteiger partial charge is 0.247 e. The molecule has 0 saturated carbocycles. The Bertz CT molecular complexity index is 1470. The number of anilines is 4. The lowest BCUT2D eigenvalue weighted by Gasteiger charge is -2.35. The predicted octanol–water partition coefficient (Wildman–Crippen LogP) is 3.64. The summed E-state index contributed by atoms with van der Waals surface area (Å²) in [4.78, 5) is 29.3. The second kappa shape index (κ2) is 10.1. The molecule has 3 aromatic heterocycles. The molecule has 37 heavy (non-hydrogen) atoms. The summed E-state index contributed by atoms with van der Waals surface area (Å²) < 4.78 is 7.44. The second-order valence-electron chi connectivity index (χ2n) is 8.84. The largest absolute Gasteiger partial charge is 0.494 e. The number of nitrogens with one attached hydrogen (secondary N) is 3. The van der Waals surface area contributed by atoms with Gasteiger partial charge < -0.3 is 30.2 Å². The van der Waals surface area contributed by atoms with E-state index in [9.17, 15) is 4.79 Å². The average molecular weight is 522 g/mol. The van der Waals surface area contributed by atoms with Gasteiger partial charge in [-0.1, -0.05) is 18.2 Å². The molecular formula is C25H28ClN9O2. The maximum absolute atomic E-state index is 12.3. The molecule has 4 aromatic rings. The van der Waals surface area contributed by atoms with Crippen LogP contribution in [-0.2, 0) is 11.8 Å². The van der Waals surface area contributed by atoms with Gasteiger partial charge in [0.25, 0.3) is 0 Å². The summed E-state index contributed by atoms with van der Waals surface area (Å²) in [6.45, 7) is 7.07. The third-order valence-corrected chi connectivity index (χ3v) is 6.61. The Morgan fingerprint density at radius 3 is 2.65 bits per heavy atom. The van der Waals surface area contributed by atoms with Crippen molar-refractivity contribution in [1.29, 1.82) is 0 Å². The highest BCUT2D eigenvalue weighted by atomic mass is 35.5. The number of benzene rings is 1. The quantitative estimate of drug-likeness (QED) is 0.316. The number of halogens is 1. The molecule has 1 fully saturated rings. The molecule has 1 amide bonds. The highest BCUT2D eigenvalue weighted by Crippen LogP contribution is 2.39. The summed E-state index contributed by atoms with van der Waals surface area (Å²) in [6.07, 6.45) is 6.52. The Labute approximate surface area is 219 Å². The van der Waals surface area contributed by atoms with Gasteiger partial charge in [0.1, 0.15) is 11.4 Å². The van der Waals surface area contributed by atoms with Gasteiger partial charge in [-0.2, -0.15) is 10.1 Å². The Kier molecular flexibility index (Phi) is 6.72. The molecule has 1 saturated heterocycles. The summed E-state index contributed by atoms with van der Waals surface area (Å²) in [5.74, 6) is 0.613. The summed E-state index contributed by atoms with van der Waals surface area (Å²) in [5, 5.41) is 11.7. The van der Waals surface area contributed by atoms with Gasteiger partial charge in [0.05, 0.1) is 46.5 Å². The molecule has 1 aromatic carbocycles. The molecule has 0 radical (unpaired) electrons. The van der Waals surface area contributed by atoms with Gasteiger partial charge in [0.2, 0.25) is 11.9 Å². The van der Waals surface area contributed by atoms with Crippen LogP contribution in [0.25, 0.3) is 22.3 Å². The molecule has 0 aliphatic carbocycles. The van der Waals surface area contributed by atoms with Crippen LogP contribution in [0.3, 0.4) is 0 Å². The number of piperazine rings is 1. The van der Waals surface area contributed by atoms with E-state index in [0.29, 0.717) is 44.8 Å². The minimum atomic E-state index is -0.302. The zero-order chi connectivity index (χ0) is 26.1. The van der Waals surface area contributed by atoms with E-state index in [-0.39, 0.29) is 5.91 Å². The molecule has 1 aliphatic heterocycles. The third-order valence-electron chi connectivity index (χ3n) is 6.31. The van der Waals surface area contributed by atoms with Crippen LogP contribution in [-0.4, -0.2) is 75.9 Å². The molecule has 12 heteroatoms. The van der Waals surface area contributed by atoms with Crippen LogP contribution in [0.4, 0.5) is 23.0 Å². The first-order valence-corrected chi connectivity index (χ1v) is 12.1. The summed E-state index contributed by atoms with van der Waals surface area (Å²) in [6, 6.07) is 3.74. The Morgan fingerprint density at radius 1 is 1.19 bits per heavy atom. The number of H-pyrrole nitrogens is 1. The van der Waals surface area contributed by atoms with E-state index >= 15 is 0 Å². The van der Waals surface area contributed by atoms with Crippen molar-refractivity contribution in [3.8, 4) is 17.0 Å². The van der Waals surface area contributed by atoms with Crippen LogP contribution < -0.4 is 20.3 Å². The van der Waals surface area contributed by atoms with Crippen molar-refractivity contribution in [3.63, 3.8) is 0 Å². The number of amides is 1. The normalized spacial score (nSPS) is 14.1. The first-order valence-electron chi connectivity index (χ1n) is 11.8. The van der Waals surface area contributed by atoms with Crippen molar-refractivity contribution in [2.24, 2.45) is 7.05 Å². The maximum Gasteiger partial charge on any atom is 0.247 e. The van der Waals surface area contributed by atoms with E-state index < -0.39 is 0 Å². The molecular weight excluding hydrogens is 494 g/mol. The number of carbonyl (C=O) groups is 1. The zero-order valence-corrected chi connectivity index (χ0v) is 21.6. The molecule has 0 spiro atoms. The SMILES string of the molecule is C=CC(=O)Nc1cc(Nc2nc(-c3cnn(C)c3)c3c(Cl)c[nH]c3n2)c(OC)cc1N1CCN(C)CC1. The van der Waals surface area contributed by atoms with Gasteiger partial charge in [0, 0.05) is 57.3 Å². The lowest BCUT2D eigenvalue weighted by Crippen LogP contribution is -2.44. The topological polar surface area (TPSA) is 116 Å². The van der Waals surface area contributed by atoms with Crippen molar-refractivity contribution in [3.05, 3.63) is 48.4 Å². The number of nitrogens with zero attached hydrogens (tertiary/aromatic N) is 6. The van der Waals surface area contributed by atoms with Crippen LogP contribution in [0.5, 0.6) is 5.75 Å². The van der Waals surface area contributed by atoms with Crippen molar-refractivity contribution in [2.45, 2.75) is 0 Å². The van der Waals surface area contributed by atoms with Crippen molar-refractivity contribution < 1.29 is 9.53 Å². The van der Waals surface area contributed by atoms with Crippen LogP contribution >= 0.6 is 11.6 Å². The van der Waals surface area contributed by atoms with Gasteiger partial charge >= 0.3 is 0 Å².